The van der Waals surface area contributed by atoms with Crippen LogP contribution in [0, 0.1) is 17.5 Å². The third-order valence-corrected chi connectivity index (χ3v) is 12.9. The van der Waals surface area contributed by atoms with E-state index in [1.54, 1.807) is 10.7 Å². The summed E-state index contributed by atoms with van der Waals surface area (Å²) in [5.74, 6) is -2.68. The van der Waals surface area contributed by atoms with Crippen LogP contribution < -0.4 is 15.1 Å². The number of hydrogen-bond donors (Lipinski definition) is 1. The molecule has 3 aromatic heterocycles. The van der Waals surface area contributed by atoms with Crippen LogP contribution in [0.3, 0.4) is 0 Å². The number of likely N-dealkylation sites (tertiary alicyclic amines) is 1. The Morgan fingerprint density at radius 3 is 2.28 bits per heavy atom. The van der Waals surface area contributed by atoms with Crippen LogP contribution in [0.15, 0.2) is 67.0 Å². The third-order valence-electron chi connectivity index (χ3n) is 12.9. The smallest absolute Gasteiger partial charge is 0.262 e. The molecule has 2 atom stereocenters. The van der Waals surface area contributed by atoms with E-state index < -0.39 is 47.1 Å². The molecular weight excluding hydrogens is 790 g/mol. The molecule has 4 saturated heterocycles. The molecular formula is C44H43F3N10O4. The van der Waals surface area contributed by atoms with Crippen LogP contribution in [0.25, 0.3) is 16.9 Å². The highest BCUT2D eigenvalue weighted by molar-refractivity contribution is 6.23. The van der Waals surface area contributed by atoms with Gasteiger partial charge in [-0.3, -0.25) is 39.2 Å². The molecule has 4 amide bonds. The maximum Gasteiger partial charge on any atom is 0.262 e. The van der Waals surface area contributed by atoms with Gasteiger partial charge in [0.2, 0.25) is 11.8 Å². The van der Waals surface area contributed by atoms with Crippen LogP contribution in [0.2, 0.25) is 0 Å². The Labute approximate surface area is 348 Å². The lowest BCUT2D eigenvalue weighted by Crippen LogP contribution is -2.54. The second kappa shape index (κ2) is 15.7. The van der Waals surface area contributed by atoms with Gasteiger partial charge in [0.1, 0.15) is 35.1 Å². The number of carbonyl (C=O) groups excluding carboxylic acids is 4. The van der Waals surface area contributed by atoms with Crippen molar-refractivity contribution in [2.75, 3.05) is 55.6 Å². The Balaban J connectivity index is 0.757. The minimum absolute atomic E-state index is 0.0140. The van der Waals surface area contributed by atoms with Gasteiger partial charge in [0.25, 0.3) is 11.8 Å². The van der Waals surface area contributed by atoms with Crippen molar-refractivity contribution >= 4 is 40.9 Å². The number of nitrogens with one attached hydrogen (secondary N) is 1. The normalized spacial score (nSPS) is 21.9. The summed E-state index contributed by atoms with van der Waals surface area (Å²) in [5.41, 5.74) is 2.98. The minimum Gasteiger partial charge on any atom is -0.354 e. The zero-order valence-electron chi connectivity index (χ0n) is 33.3. The molecule has 0 spiro atoms. The molecule has 0 bridgehead atoms. The van der Waals surface area contributed by atoms with E-state index in [1.807, 2.05) is 30.5 Å². The van der Waals surface area contributed by atoms with E-state index in [-0.39, 0.29) is 30.0 Å². The third kappa shape index (κ3) is 7.18. The summed E-state index contributed by atoms with van der Waals surface area (Å²) in [6.45, 7) is 5.81. The molecule has 61 heavy (non-hydrogen) atoms. The van der Waals surface area contributed by atoms with Crippen molar-refractivity contribution in [2.24, 2.45) is 0 Å². The van der Waals surface area contributed by atoms with Crippen molar-refractivity contribution in [2.45, 2.75) is 63.2 Å². The van der Waals surface area contributed by atoms with Gasteiger partial charge in [-0.05, 0) is 81.6 Å². The SMILES string of the molecule is O=C1CCC(N2C(=O)c3cc(F)c(CN4CCC(N5CCN(c6cccc(-c7cnn8ccc(N9CCCC9c9ccc(F)cc9F)nc78)n6)CC5)CC4)cc3C2=O)C(=O)N1. The summed E-state index contributed by atoms with van der Waals surface area (Å²) in [6.07, 6.45) is 7.07. The largest absolute Gasteiger partial charge is 0.354 e. The standard InChI is InChI=1S/C44H43F3N10O4/c45-27-6-7-29(34(47)22-27)36-4-2-13-55(36)39-12-16-56-41(50-39)32(24-48-56)35-3-1-5-38(49-35)54-19-17-53(18-20-54)28-10-14-52(15-11-28)25-26-21-30-31(23-33(26)46)44(61)57(43(30)60)37-8-9-40(58)51-42(37)59/h1,3,5-7,12,16,21-24,28,36-37H,2,4,8-11,13-15,17-20,25H2,(H,51,58,59). The number of imide groups is 2. The van der Waals surface area contributed by atoms with Crippen LogP contribution >= 0.6 is 0 Å². The molecule has 1 N–H and O–H groups in total. The number of rotatable bonds is 8. The van der Waals surface area contributed by atoms with Crippen molar-refractivity contribution < 1.29 is 32.3 Å². The zero-order valence-corrected chi connectivity index (χ0v) is 33.3. The average Bonchev–Trinajstić information content (AvgIpc) is 3.98. The molecule has 2 unspecified atom stereocenters. The molecule has 14 nitrogen and oxygen atoms in total. The number of amides is 4. The Morgan fingerprint density at radius 2 is 1.51 bits per heavy atom. The number of piperidine rings is 2. The summed E-state index contributed by atoms with van der Waals surface area (Å²) < 4.78 is 45.6. The molecule has 314 valence electrons. The maximum absolute atomic E-state index is 15.4. The number of halogens is 3. The molecule has 2 aromatic carbocycles. The van der Waals surface area contributed by atoms with E-state index in [9.17, 15) is 28.0 Å². The van der Waals surface area contributed by atoms with Crippen molar-refractivity contribution in [3.8, 4) is 11.3 Å². The zero-order chi connectivity index (χ0) is 41.9. The molecule has 4 fully saturated rings. The summed E-state index contributed by atoms with van der Waals surface area (Å²) in [4.78, 5) is 70.5. The highest BCUT2D eigenvalue weighted by Gasteiger charge is 2.45. The molecule has 5 aliphatic heterocycles. The predicted molar refractivity (Wildman–Crippen MR) is 217 cm³/mol. The fraction of sp³-hybridized carbons (Fsp3) is 0.386. The van der Waals surface area contributed by atoms with E-state index in [0.717, 1.165) is 99.1 Å². The molecule has 0 radical (unpaired) electrons. The molecule has 17 heteroatoms. The fourth-order valence-corrected chi connectivity index (χ4v) is 9.74. The highest BCUT2D eigenvalue weighted by Crippen LogP contribution is 2.38. The van der Waals surface area contributed by atoms with Crippen LogP contribution in [-0.2, 0) is 16.1 Å². The number of hydrogen-bond acceptors (Lipinski definition) is 11. The second-order valence-corrected chi connectivity index (χ2v) is 16.5. The first kappa shape index (κ1) is 39.0. The molecule has 10 rings (SSSR count). The van der Waals surface area contributed by atoms with Gasteiger partial charge in [-0.15, -0.1) is 0 Å². The van der Waals surface area contributed by atoms with Gasteiger partial charge < -0.3 is 9.80 Å². The van der Waals surface area contributed by atoms with E-state index in [1.165, 1.54) is 18.2 Å². The number of fused-ring (bicyclic) bond motifs is 2. The second-order valence-electron chi connectivity index (χ2n) is 16.5. The topological polar surface area (TPSA) is 140 Å². The first-order chi connectivity index (χ1) is 29.6. The average molecular weight is 833 g/mol. The van der Waals surface area contributed by atoms with Crippen molar-refractivity contribution in [3.05, 3.63) is 107 Å². The summed E-state index contributed by atoms with van der Waals surface area (Å²) >= 11 is 0. The number of piperazine rings is 1. The maximum atomic E-state index is 15.4. The first-order valence-electron chi connectivity index (χ1n) is 20.9. The lowest BCUT2D eigenvalue weighted by molar-refractivity contribution is -0.136. The molecule has 5 aliphatic rings. The van der Waals surface area contributed by atoms with Gasteiger partial charge in [-0.1, -0.05) is 12.1 Å². The van der Waals surface area contributed by atoms with Gasteiger partial charge in [-0.25, -0.2) is 27.7 Å². The van der Waals surface area contributed by atoms with Gasteiger partial charge in [0.05, 0.1) is 34.6 Å². The van der Waals surface area contributed by atoms with Gasteiger partial charge in [0.15, 0.2) is 5.65 Å². The van der Waals surface area contributed by atoms with E-state index in [0.29, 0.717) is 41.7 Å². The van der Waals surface area contributed by atoms with Gasteiger partial charge >= 0.3 is 0 Å². The van der Waals surface area contributed by atoms with Crippen LogP contribution in [-0.4, -0.2) is 116 Å². The minimum atomic E-state index is -1.10. The number of carbonyl (C=O) groups is 4. The Hall–Kier alpha value is -6.20. The lowest BCUT2D eigenvalue weighted by atomic mass is 10.00. The molecule has 0 saturated carbocycles. The Bertz CT molecular complexity index is 2590. The quantitative estimate of drug-likeness (QED) is 0.217. The fourth-order valence-electron chi connectivity index (χ4n) is 9.74. The van der Waals surface area contributed by atoms with Crippen LogP contribution in [0.1, 0.15) is 76.4 Å². The van der Waals surface area contributed by atoms with Gasteiger partial charge in [-0.2, -0.15) is 5.10 Å². The number of benzene rings is 2. The molecule has 0 aliphatic carbocycles. The number of pyridine rings is 1. The van der Waals surface area contributed by atoms with Crippen molar-refractivity contribution in [1.82, 2.24) is 39.6 Å². The monoisotopic (exact) mass is 832 g/mol. The highest BCUT2D eigenvalue weighted by atomic mass is 19.1. The Kier molecular flexibility index (Phi) is 10.0. The lowest BCUT2D eigenvalue weighted by Gasteiger charge is -2.43. The first-order valence-corrected chi connectivity index (χ1v) is 20.9. The van der Waals surface area contributed by atoms with Crippen molar-refractivity contribution in [1.29, 1.82) is 0 Å². The number of nitrogens with zero attached hydrogens (tertiary/aromatic N) is 9. The summed E-state index contributed by atoms with van der Waals surface area (Å²) in [5, 5.41) is 6.73. The Morgan fingerprint density at radius 1 is 0.721 bits per heavy atom. The van der Waals surface area contributed by atoms with E-state index in [2.05, 4.69) is 30.0 Å². The van der Waals surface area contributed by atoms with Crippen LogP contribution in [0.5, 0.6) is 0 Å². The van der Waals surface area contributed by atoms with Crippen molar-refractivity contribution in [3.63, 3.8) is 0 Å². The van der Waals surface area contributed by atoms with Gasteiger partial charge in [0, 0.05) is 75.1 Å². The summed E-state index contributed by atoms with van der Waals surface area (Å²) in [6, 6.07) is 13.2. The number of aromatic nitrogens is 4. The molecule has 8 heterocycles. The summed E-state index contributed by atoms with van der Waals surface area (Å²) in [7, 11) is 0. The predicted octanol–water partition coefficient (Wildman–Crippen LogP) is 4.74. The van der Waals surface area contributed by atoms with Crippen LogP contribution in [0.4, 0.5) is 24.8 Å². The number of anilines is 2. The molecule has 5 aromatic rings. The van der Waals surface area contributed by atoms with E-state index in [4.69, 9.17) is 9.97 Å². The van der Waals surface area contributed by atoms with E-state index >= 15 is 4.39 Å².